The van der Waals surface area contributed by atoms with E-state index < -0.39 is 0 Å². The van der Waals surface area contributed by atoms with Gasteiger partial charge in [0, 0.05) is 32.4 Å². The Hall–Kier alpha value is -2.83. The molecular formula is C20H25N5O2. The minimum absolute atomic E-state index is 0.228. The summed E-state index contributed by atoms with van der Waals surface area (Å²) in [6.45, 7) is 6.06. The molecule has 0 spiro atoms. The van der Waals surface area contributed by atoms with E-state index >= 15 is 0 Å². The van der Waals surface area contributed by atoms with Crippen LogP contribution in [0.2, 0.25) is 0 Å². The van der Waals surface area contributed by atoms with E-state index in [-0.39, 0.29) is 11.2 Å². The third kappa shape index (κ3) is 2.78. The first-order valence-electron chi connectivity index (χ1n) is 9.57. The van der Waals surface area contributed by atoms with Crippen molar-refractivity contribution in [3.05, 3.63) is 50.7 Å². The second-order valence-corrected chi connectivity index (χ2v) is 7.23. The largest absolute Gasteiger partial charge is 0.332 e. The SMILES string of the molecule is CCCCCn1c(=O)c2c(nc3n2CCN3c2ccc(C)cc2)n(C)c1=O. The normalized spacial score (nSPS) is 13.5. The van der Waals surface area contributed by atoms with Gasteiger partial charge in [0.15, 0.2) is 11.2 Å². The van der Waals surface area contributed by atoms with Gasteiger partial charge in [-0.2, -0.15) is 4.98 Å². The molecule has 2 aromatic heterocycles. The third-order valence-corrected chi connectivity index (χ3v) is 5.33. The van der Waals surface area contributed by atoms with Crippen LogP contribution in [0.5, 0.6) is 0 Å². The maximum atomic E-state index is 13.1. The molecule has 1 aliphatic rings. The number of hydrogen-bond acceptors (Lipinski definition) is 4. The Morgan fingerprint density at radius 2 is 1.81 bits per heavy atom. The Kier molecular flexibility index (Phi) is 4.37. The Morgan fingerprint density at radius 3 is 2.52 bits per heavy atom. The van der Waals surface area contributed by atoms with Crippen LogP contribution in [-0.2, 0) is 20.1 Å². The quantitative estimate of drug-likeness (QED) is 0.650. The number of aryl methyl sites for hydroxylation is 2. The van der Waals surface area contributed by atoms with E-state index in [0.717, 1.165) is 37.4 Å². The highest BCUT2D eigenvalue weighted by Crippen LogP contribution is 2.31. The molecule has 1 aliphatic heterocycles. The van der Waals surface area contributed by atoms with E-state index in [0.29, 0.717) is 24.3 Å². The maximum absolute atomic E-state index is 13.1. The maximum Gasteiger partial charge on any atom is 0.332 e. The van der Waals surface area contributed by atoms with E-state index in [1.165, 1.54) is 14.7 Å². The van der Waals surface area contributed by atoms with Crippen molar-refractivity contribution in [3.8, 4) is 0 Å². The van der Waals surface area contributed by atoms with E-state index in [2.05, 4.69) is 48.0 Å². The second-order valence-electron chi connectivity index (χ2n) is 7.23. The minimum Gasteiger partial charge on any atom is -0.310 e. The molecule has 0 N–H and O–H groups in total. The average molecular weight is 367 g/mol. The standard InChI is InChI=1S/C20H25N5O2/c1-4-5-6-11-25-18(26)16-17(22(3)20(25)27)21-19-23(12-13-24(16)19)15-9-7-14(2)8-10-15/h7-10H,4-6,11-13H2,1-3H3. The van der Waals surface area contributed by atoms with E-state index in [1.54, 1.807) is 7.05 Å². The van der Waals surface area contributed by atoms with Crippen molar-refractivity contribution in [2.75, 3.05) is 11.4 Å². The Labute approximate surface area is 157 Å². The summed E-state index contributed by atoms with van der Waals surface area (Å²) in [6, 6.07) is 8.26. The summed E-state index contributed by atoms with van der Waals surface area (Å²) in [5.41, 5.74) is 2.71. The van der Waals surface area contributed by atoms with Crippen LogP contribution < -0.4 is 16.1 Å². The molecule has 0 amide bonds. The summed E-state index contributed by atoms with van der Waals surface area (Å²) >= 11 is 0. The molecule has 0 aliphatic carbocycles. The van der Waals surface area contributed by atoms with Crippen molar-refractivity contribution in [1.82, 2.24) is 18.7 Å². The number of rotatable bonds is 5. The topological polar surface area (TPSA) is 65.1 Å². The van der Waals surface area contributed by atoms with Crippen molar-refractivity contribution in [3.63, 3.8) is 0 Å². The summed E-state index contributed by atoms with van der Waals surface area (Å²) < 4.78 is 4.82. The van der Waals surface area contributed by atoms with Gasteiger partial charge in [0.1, 0.15) is 0 Å². The van der Waals surface area contributed by atoms with Crippen LogP contribution >= 0.6 is 0 Å². The summed E-state index contributed by atoms with van der Waals surface area (Å²) in [4.78, 5) is 32.5. The molecule has 7 nitrogen and oxygen atoms in total. The number of anilines is 2. The number of benzene rings is 1. The Balaban J connectivity index is 1.85. The summed E-state index contributed by atoms with van der Waals surface area (Å²) in [6.07, 6.45) is 2.87. The first kappa shape index (κ1) is 17.6. The summed E-state index contributed by atoms with van der Waals surface area (Å²) in [5.74, 6) is 0.729. The van der Waals surface area contributed by atoms with Gasteiger partial charge >= 0.3 is 5.69 Å². The molecule has 7 heteroatoms. The average Bonchev–Trinajstić information content (AvgIpc) is 3.23. The molecular weight excluding hydrogens is 342 g/mol. The van der Waals surface area contributed by atoms with Crippen LogP contribution in [0.25, 0.3) is 11.2 Å². The van der Waals surface area contributed by atoms with Gasteiger partial charge in [0.05, 0.1) is 0 Å². The Morgan fingerprint density at radius 1 is 1.07 bits per heavy atom. The van der Waals surface area contributed by atoms with Gasteiger partial charge in [0.2, 0.25) is 5.95 Å². The molecule has 27 heavy (non-hydrogen) atoms. The van der Waals surface area contributed by atoms with Gasteiger partial charge < -0.3 is 9.47 Å². The van der Waals surface area contributed by atoms with Crippen molar-refractivity contribution in [1.29, 1.82) is 0 Å². The van der Waals surface area contributed by atoms with Gasteiger partial charge in [0.25, 0.3) is 5.56 Å². The van der Waals surface area contributed by atoms with Crippen LogP contribution in [0.3, 0.4) is 0 Å². The number of nitrogens with zero attached hydrogens (tertiary/aromatic N) is 5. The van der Waals surface area contributed by atoms with Crippen molar-refractivity contribution < 1.29 is 0 Å². The van der Waals surface area contributed by atoms with Crippen LogP contribution in [-0.4, -0.2) is 25.2 Å². The van der Waals surface area contributed by atoms with E-state index in [1.807, 2.05) is 4.57 Å². The smallest absolute Gasteiger partial charge is 0.310 e. The number of unbranched alkanes of at least 4 members (excludes halogenated alkanes) is 2. The lowest BCUT2D eigenvalue weighted by Gasteiger charge is -2.16. The van der Waals surface area contributed by atoms with Gasteiger partial charge in [-0.1, -0.05) is 37.5 Å². The lowest BCUT2D eigenvalue weighted by atomic mass is 10.2. The van der Waals surface area contributed by atoms with Crippen LogP contribution in [0.4, 0.5) is 11.6 Å². The highest BCUT2D eigenvalue weighted by molar-refractivity contribution is 5.77. The molecule has 0 unspecified atom stereocenters. The van der Waals surface area contributed by atoms with Gasteiger partial charge in [-0.15, -0.1) is 0 Å². The van der Waals surface area contributed by atoms with Crippen LogP contribution in [0.1, 0.15) is 31.7 Å². The fourth-order valence-electron chi connectivity index (χ4n) is 3.76. The molecule has 0 atom stereocenters. The zero-order chi connectivity index (χ0) is 19.1. The van der Waals surface area contributed by atoms with Gasteiger partial charge in [-0.3, -0.25) is 13.9 Å². The molecule has 1 aromatic carbocycles. The Bertz CT molecular complexity index is 1100. The highest BCUT2D eigenvalue weighted by atomic mass is 16.2. The fourth-order valence-corrected chi connectivity index (χ4v) is 3.76. The lowest BCUT2D eigenvalue weighted by Crippen LogP contribution is -2.39. The molecule has 0 saturated heterocycles. The number of hydrogen-bond donors (Lipinski definition) is 0. The molecule has 0 fully saturated rings. The predicted octanol–water partition coefficient (Wildman–Crippen LogP) is 2.55. The fraction of sp³-hybridized carbons (Fsp3) is 0.450. The number of imidazole rings is 1. The van der Waals surface area contributed by atoms with Crippen molar-refractivity contribution in [2.24, 2.45) is 7.05 Å². The van der Waals surface area contributed by atoms with Gasteiger partial charge in [-0.25, -0.2) is 4.79 Å². The number of fused-ring (bicyclic) bond motifs is 3. The first-order chi connectivity index (χ1) is 13.0. The third-order valence-electron chi connectivity index (χ3n) is 5.33. The first-order valence-corrected chi connectivity index (χ1v) is 9.57. The molecule has 0 saturated carbocycles. The highest BCUT2D eigenvalue weighted by Gasteiger charge is 2.28. The monoisotopic (exact) mass is 367 g/mol. The van der Waals surface area contributed by atoms with E-state index in [4.69, 9.17) is 0 Å². The summed E-state index contributed by atoms with van der Waals surface area (Å²) in [5, 5.41) is 0. The van der Waals surface area contributed by atoms with Crippen LogP contribution in [0, 0.1) is 6.92 Å². The molecule has 142 valence electrons. The molecule has 3 heterocycles. The van der Waals surface area contributed by atoms with Crippen molar-refractivity contribution in [2.45, 2.75) is 46.2 Å². The van der Waals surface area contributed by atoms with E-state index in [9.17, 15) is 9.59 Å². The lowest BCUT2D eigenvalue weighted by molar-refractivity contribution is 0.549. The molecule has 0 bridgehead atoms. The van der Waals surface area contributed by atoms with Crippen LogP contribution in [0.15, 0.2) is 33.9 Å². The zero-order valence-electron chi connectivity index (χ0n) is 16.1. The molecule has 4 rings (SSSR count). The molecule has 0 radical (unpaired) electrons. The second kappa shape index (κ2) is 6.72. The number of aromatic nitrogens is 4. The predicted molar refractivity (Wildman–Crippen MR) is 107 cm³/mol. The van der Waals surface area contributed by atoms with Crippen molar-refractivity contribution >= 4 is 22.8 Å². The molecule has 3 aromatic rings. The zero-order valence-corrected chi connectivity index (χ0v) is 16.1. The van der Waals surface area contributed by atoms with Gasteiger partial charge in [-0.05, 0) is 25.5 Å². The minimum atomic E-state index is -0.290. The summed E-state index contributed by atoms with van der Waals surface area (Å²) in [7, 11) is 1.69.